The summed E-state index contributed by atoms with van der Waals surface area (Å²) >= 11 is 5.28. The quantitative estimate of drug-likeness (QED) is 0.200. The molecule has 0 unspecified atom stereocenters. The zero-order valence-corrected chi connectivity index (χ0v) is 6.40. The molecule has 0 atom stereocenters. The summed E-state index contributed by atoms with van der Waals surface area (Å²) in [5, 5.41) is -0.0686. The van der Waals surface area contributed by atoms with Gasteiger partial charge < -0.3 is 0 Å². The van der Waals surface area contributed by atoms with Crippen LogP contribution in [0.15, 0.2) is 29.9 Å². The summed E-state index contributed by atoms with van der Waals surface area (Å²) in [6.07, 6.45) is 1.38. The van der Waals surface area contributed by atoms with Crippen LogP contribution in [-0.2, 0) is 0 Å². The summed E-state index contributed by atoms with van der Waals surface area (Å²) in [6, 6.07) is 0. The van der Waals surface area contributed by atoms with Gasteiger partial charge in [0.05, 0.1) is 5.70 Å². The summed E-state index contributed by atoms with van der Waals surface area (Å²) in [4.78, 5) is 3.52. The highest BCUT2D eigenvalue weighted by molar-refractivity contribution is 6.64. The summed E-state index contributed by atoms with van der Waals surface area (Å²) in [6.45, 7) is 6.78. The minimum Gasteiger partial charge on any atom is -0.219 e. The molecule has 0 rings (SSSR count). The monoisotopic (exact) mass is 162 g/mol. The second kappa shape index (κ2) is 4.06. The van der Waals surface area contributed by atoms with Crippen LogP contribution in [0.5, 0.6) is 0 Å². The Balaban J connectivity index is 4.16. The summed E-state index contributed by atoms with van der Waals surface area (Å²) in [5.74, 6) is 0. The molecule has 0 bridgehead atoms. The van der Waals surface area contributed by atoms with Crippen molar-refractivity contribution in [2.24, 2.45) is 4.99 Å². The molecule has 0 N–H and O–H groups in total. The Kier molecular flexibility index (Phi) is 3.72. The first kappa shape index (κ1) is 9.17. The molecule has 4 heteroatoms. The van der Waals surface area contributed by atoms with Crippen molar-refractivity contribution in [1.82, 2.24) is 5.12 Å². The van der Waals surface area contributed by atoms with Gasteiger partial charge in [0, 0.05) is 7.05 Å². The van der Waals surface area contributed by atoms with Gasteiger partial charge in [-0.3, -0.25) is 0 Å². The van der Waals surface area contributed by atoms with E-state index in [0.717, 1.165) is 7.05 Å². The van der Waals surface area contributed by atoms with Crippen LogP contribution in [0, 0.1) is 0 Å². The van der Waals surface area contributed by atoms with Crippen LogP contribution in [-0.4, -0.2) is 17.5 Å². The second-order valence-corrected chi connectivity index (χ2v) is 1.89. The normalized spacial score (nSPS) is 10.9. The molecule has 0 spiro atoms. The molecule has 0 radical (unpaired) electrons. The number of hydrogen-bond donors (Lipinski definition) is 0. The third-order valence-electron chi connectivity index (χ3n) is 0.726. The van der Waals surface area contributed by atoms with E-state index >= 15 is 0 Å². The van der Waals surface area contributed by atoms with Crippen molar-refractivity contribution in [3.8, 4) is 0 Å². The Morgan fingerprint density at radius 3 is 2.60 bits per heavy atom. The Morgan fingerprint density at radius 2 is 2.30 bits per heavy atom. The van der Waals surface area contributed by atoms with E-state index in [1.54, 1.807) is 0 Å². The Labute approximate surface area is 64.2 Å². The molecule has 0 aromatic heterocycles. The van der Waals surface area contributed by atoms with Gasteiger partial charge in [0.1, 0.15) is 0 Å². The van der Waals surface area contributed by atoms with Crippen LogP contribution >= 0.6 is 11.6 Å². The number of rotatable bonds is 2. The molecule has 10 heavy (non-hydrogen) atoms. The van der Waals surface area contributed by atoms with Crippen molar-refractivity contribution in [2.75, 3.05) is 7.05 Å². The number of aliphatic imine (C=N–C) groups is 1. The lowest BCUT2D eigenvalue weighted by molar-refractivity contribution is 0.166. The predicted octanol–water partition coefficient (Wildman–Crippen LogP) is 2.10. The first-order valence-electron chi connectivity index (χ1n) is 2.53. The first-order chi connectivity index (χ1) is 4.57. The lowest BCUT2D eigenvalue weighted by Gasteiger charge is -2.01. The van der Waals surface area contributed by atoms with Crippen molar-refractivity contribution < 1.29 is 4.48 Å². The SMILES string of the molecule is C=CC(=C)/N=C(/Cl)N(C)F. The minimum atomic E-state index is -0.259. The largest absolute Gasteiger partial charge is 0.227 e. The zero-order valence-electron chi connectivity index (χ0n) is 5.64. The van der Waals surface area contributed by atoms with Gasteiger partial charge in [-0.15, -0.1) is 0 Å². The fourth-order valence-electron chi connectivity index (χ4n) is 0.233. The number of amidine groups is 1. The van der Waals surface area contributed by atoms with Gasteiger partial charge in [-0.2, -0.15) is 5.12 Å². The van der Waals surface area contributed by atoms with Crippen molar-refractivity contribution >= 4 is 16.9 Å². The minimum absolute atomic E-state index is 0.191. The molecule has 2 nitrogen and oxygen atoms in total. The standard InChI is InChI=1S/C6H8ClFN2/c1-4-5(2)9-6(7)10(3)8/h4H,1-2H2,3H3/b9-6-. The van der Waals surface area contributed by atoms with Gasteiger partial charge >= 0.3 is 0 Å². The maximum atomic E-state index is 12.1. The fourth-order valence-corrected chi connectivity index (χ4v) is 0.342. The molecule has 0 saturated heterocycles. The lowest BCUT2D eigenvalue weighted by Crippen LogP contribution is -2.10. The van der Waals surface area contributed by atoms with E-state index in [1.807, 2.05) is 0 Å². The molecular weight excluding hydrogens is 155 g/mol. The highest BCUT2D eigenvalue weighted by Crippen LogP contribution is 2.00. The first-order valence-corrected chi connectivity index (χ1v) is 2.90. The molecule has 0 amide bonds. The van der Waals surface area contributed by atoms with Crippen molar-refractivity contribution in [3.05, 3.63) is 24.9 Å². The summed E-state index contributed by atoms with van der Waals surface area (Å²) < 4.78 is 12.1. The smallest absolute Gasteiger partial charge is 0.219 e. The Morgan fingerprint density at radius 1 is 1.80 bits per heavy atom. The average molecular weight is 163 g/mol. The Bertz CT molecular complexity index is 175. The van der Waals surface area contributed by atoms with Crippen LogP contribution in [0.3, 0.4) is 0 Å². The third kappa shape index (κ3) is 3.25. The van der Waals surface area contributed by atoms with E-state index < -0.39 is 0 Å². The molecule has 0 aromatic carbocycles. The fraction of sp³-hybridized carbons (Fsp3) is 0.167. The van der Waals surface area contributed by atoms with Crippen molar-refractivity contribution in [3.63, 3.8) is 0 Å². The van der Waals surface area contributed by atoms with Gasteiger partial charge in [-0.05, 0) is 17.7 Å². The van der Waals surface area contributed by atoms with E-state index in [1.165, 1.54) is 6.08 Å². The van der Waals surface area contributed by atoms with Crippen LogP contribution in [0.1, 0.15) is 0 Å². The molecule has 0 aliphatic carbocycles. The van der Waals surface area contributed by atoms with Gasteiger partial charge in [-0.1, -0.05) is 17.6 Å². The number of hydrogen-bond acceptors (Lipinski definition) is 1. The Hall–Kier alpha value is -0.830. The maximum absolute atomic E-state index is 12.1. The molecule has 0 heterocycles. The van der Waals surface area contributed by atoms with E-state index in [0.29, 0.717) is 5.70 Å². The zero-order chi connectivity index (χ0) is 8.15. The van der Waals surface area contributed by atoms with Crippen molar-refractivity contribution in [1.29, 1.82) is 0 Å². The van der Waals surface area contributed by atoms with Gasteiger partial charge in [0.2, 0.25) is 5.29 Å². The average Bonchev–Trinajstić information content (AvgIpc) is 1.87. The third-order valence-corrected chi connectivity index (χ3v) is 1.04. The molecule has 0 saturated carbocycles. The molecule has 56 valence electrons. The predicted molar refractivity (Wildman–Crippen MR) is 41.5 cm³/mol. The molecule has 0 aliphatic rings. The van der Waals surface area contributed by atoms with E-state index in [9.17, 15) is 4.48 Å². The van der Waals surface area contributed by atoms with Crippen LogP contribution in [0.25, 0.3) is 0 Å². The molecule has 0 aromatic rings. The number of allylic oxidation sites excluding steroid dienone is 1. The molecular formula is C6H8ClFN2. The van der Waals surface area contributed by atoms with Gasteiger partial charge in [-0.25, -0.2) is 4.99 Å². The molecule has 0 fully saturated rings. The van der Waals surface area contributed by atoms with Crippen LogP contribution in [0.4, 0.5) is 4.48 Å². The van der Waals surface area contributed by atoms with E-state index in [4.69, 9.17) is 11.6 Å². The van der Waals surface area contributed by atoms with Gasteiger partial charge in [0.25, 0.3) is 0 Å². The van der Waals surface area contributed by atoms with Crippen LogP contribution < -0.4 is 0 Å². The maximum Gasteiger partial charge on any atom is 0.227 e. The highest BCUT2D eigenvalue weighted by atomic mass is 35.5. The van der Waals surface area contributed by atoms with E-state index in [-0.39, 0.29) is 10.4 Å². The second-order valence-electron chi connectivity index (χ2n) is 1.55. The topological polar surface area (TPSA) is 15.6 Å². The molecule has 0 aliphatic heterocycles. The lowest BCUT2D eigenvalue weighted by atomic mass is 10.5. The summed E-state index contributed by atoms with van der Waals surface area (Å²) in [5.41, 5.74) is 0.328. The van der Waals surface area contributed by atoms with Crippen LogP contribution in [0.2, 0.25) is 0 Å². The summed E-state index contributed by atoms with van der Waals surface area (Å²) in [7, 11) is 1.14. The van der Waals surface area contributed by atoms with Gasteiger partial charge in [0.15, 0.2) is 0 Å². The number of nitrogens with zero attached hydrogens (tertiary/aromatic N) is 2. The van der Waals surface area contributed by atoms with E-state index in [2.05, 4.69) is 18.2 Å². The number of halogens is 2. The van der Waals surface area contributed by atoms with Crippen molar-refractivity contribution in [2.45, 2.75) is 0 Å². The highest BCUT2D eigenvalue weighted by Gasteiger charge is 1.98.